The van der Waals surface area contributed by atoms with E-state index in [1.54, 1.807) is 7.11 Å². The summed E-state index contributed by atoms with van der Waals surface area (Å²) >= 11 is 5.70. The minimum absolute atomic E-state index is 0.541. The Kier molecular flexibility index (Phi) is 3.47. The molecule has 0 aliphatic carbocycles. The van der Waals surface area contributed by atoms with Crippen LogP contribution in [0, 0.1) is 6.92 Å². The lowest BCUT2D eigenvalue weighted by atomic mass is 10.3. The Hall–Kier alpha value is 0.0600. The predicted molar refractivity (Wildman–Crippen MR) is 74.3 cm³/mol. The number of halogens is 2. The van der Waals surface area contributed by atoms with Gasteiger partial charge in [0.1, 0.15) is 0 Å². The molecule has 0 radical (unpaired) electrons. The molecule has 0 aromatic carbocycles. The van der Waals surface area contributed by atoms with Crippen LogP contribution in [0.1, 0.15) is 5.69 Å². The Morgan fingerprint density at radius 1 is 1.60 bits per heavy atom. The quantitative estimate of drug-likeness (QED) is 0.574. The Morgan fingerprint density at radius 2 is 2.33 bits per heavy atom. The van der Waals surface area contributed by atoms with Gasteiger partial charge in [0.25, 0.3) is 0 Å². The number of ether oxygens (including phenoxy) is 1. The summed E-state index contributed by atoms with van der Waals surface area (Å²) in [4.78, 5) is 4.42. The summed E-state index contributed by atoms with van der Waals surface area (Å²) in [5.74, 6) is 0.596. The fourth-order valence-corrected chi connectivity index (χ4v) is 3.27. The molecule has 0 saturated carbocycles. The van der Waals surface area contributed by atoms with E-state index in [0.717, 1.165) is 21.2 Å². The molecule has 1 unspecified atom stereocenters. The van der Waals surface area contributed by atoms with Gasteiger partial charge in [0.05, 0.1) is 23.7 Å². The maximum absolute atomic E-state index is 5.16. The van der Waals surface area contributed by atoms with Gasteiger partial charge in [0.2, 0.25) is 5.88 Å². The molecule has 0 aliphatic rings. The molecule has 2 heterocycles. The van der Waals surface area contributed by atoms with Gasteiger partial charge in [-0.05, 0) is 51.0 Å². The van der Waals surface area contributed by atoms with Crippen LogP contribution in [0.4, 0.5) is 0 Å². The van der Waals surface area contributed by atoms with Crippen molar-refractivity contribution in [1.29, 1.82) is 0 Å². The zero-order chi connectivity index (χ0) is 11.0. The molecule has 0 spiro atoms. The molecule has 0 bridgehead atoms. The van der Waals surface area contributed by atoms with Gasteiger partial charge in [-0.2, -0.15) is 10.1 Å². The summed E-state index contributed by atoms with van der Waals surface area (Å²) in [6.45, 7) is 1.98. The molecule has 0 fully saturated rings. The average molecular weight is 400 g/mol. The minimum atomic E-state index is 0.541. The van der Waals surface area contributed by atoms with Crippen LogP contribution in [0.25, 0.3) is 11.0 Å². The molecule has 0 amide bonds. The summed E-state index contributed by atoms with van der Waals surface area (Å²) in [5.41, 5.74) is 1.87. The van der Waals surface area contributed by atoms with Crippen molar-refractivity contribution in [1.82, 2.24) is 14.5 Å². The molecule has 0 aliphatic heterocycles. The number of aromatic nitrogens is 3. The van der Waals surface area contributed by atoms with Crippen LogP contribution in [-0.4, -0.2) is 21.6 Å². The molecular weight excluding hydrogens is 392 g/mol. The summed E-state index contributed by atoms with van der Waals surface area (Å²) in [6.07, 6.45) is 0.541. The van der Waals surface area contributed by atoms with E-state index in [2.05, 4.69) is 48.1 Å². The smallest absolute Gasteiger partial charge is 0.229 e. The van der Waals surface area contributed by atoms with Crippen LogP contribution < -0.4 is 4.74 Å². The monoisotopic (exact) mass is 399 g/mol. The largest absolute Gasteiger partial charge is 0.480 e. The molecule has 4 nitrogen and oxygen atoms in total. The average Bonchev–Trinajstić information content (AvgIpc) is 2.54. The number of nitrogens with zero attached hydrogens (tertiary/aromatic N) is 3. The fraction of sp³-hybridized carbons (Fsp3) is 0.250. The first kappa shape index (κ1) is 11.5. The highest BCUT2D eigenvalue weighted by molar-refractivity contribution is 14.2. The molecule has 15 heavy (non-hydrogen) atoms. The molecule has 2 aromatic rings. The summed E-state index contributed by atoms with van der Waals surface area (Å²) < 4.78 is 7.91. The zero-order valence-electron chi connectivity index (χ0n) is 8.08. The Bertz CT molecular complexity index is 516. The lowest BCUT2D eigenvalue weighted by Crippen LogP contribution is -1.91. The van der Waals surface area contributed by atoms with Crippen molar-refractivity contribution in [2.24, 2.45) is 0 Å². The van der Waals surface area contributed by atoms with Gasteiger partial charge in [0, 0.05) is 5.39 Å². The number of hydrogen-bond donors (Lipinski definition) is 0. The van der Waals surface area contributed by atoms with E-state index in [4.69, 9.17) is 4.74 Å². The maximum Gasteiger partial charge on any atom is 0.229 e. The van der Waals surface area contributed by atoms with Crippen molar-refractivity contribution in [3.05, 3.63) is 16.2 Å². The summed E-state index contributed by atoms with van der Waals surface area (Å²) in [5, 5.41) is 5.47. The Morgan fingerprint density at radius 3 is 2.93 bits per heavy atom. The van der Waals surface area contributed by atoms with Crippen molar-refractivity contribution in [2.45, 2.75) is 6.92 Å². The van der Waals surface area contributed by atoms with Crippen LogP contribution >= 0.6 is 44.3 Å². The van der Waals surface area contributed by atoms with Gasteiger partial charge in [0.15, 0.2) is 5.65 Å². The van der Waals surface area contributed by atoms with Gasteiger partial charge < -0.3 is 4.74 Å². The maximum atomic E-state index is 5.16. The van der Waals surface area contributed by atoms with E-state index in [1.807, 2.05) is 17.4 Å². The van der Waals surface area contributed by atoms with Crippen molar-refractivity contribution in [2.75, 3.05) is 7.11 Å². The Balaban J connectivity index is 2.77. The van der Waals surface area contributed by atoms with Gasteiger partial charge in [-0.15, -0.1) is 0 Å². The minimum Gasteiger partial charge on any atom is -0.480 e. The topological polar surface area (TPSA) is 39.9 Å². The first-order chi connectivity index (χ1) is 7.17. The van der Waals surface area contributed by atoms with Crippen LogP contribution in [0.3, 0.4) is 0 Å². The number of fused-ring (bicyclic) bond motifs is 1. The van der Waals surface area contributed by atoms with Crippen LogP contribution in [0.15, 0.2) is 10.5 Å². The van der Waals surface area contributed by atoms with Gasteiger partial charge in [-0.3, -0.25) is 0 Å². The molecule has 80 valence electrons. The number of aryl methyl sites for hydroxylation is 1. The van der Waals surface area contributed by atoms with Crippen molar-refractivity contribution in [3.63, 3.8) is 0 Å². The van der Waals surface area contributed by atoms with Crippen LogP contribution in [0.2, 0.25) is 0 Å². The molecule has 2 aromatic heterocycles. The van der Waals surface area contributed by atoms with E-state index >= 15 is 0 Å². The highest BCUT2D eigenvalue weighted by Gasteiger charge is 2.12. The third-order valence-electron chi connectivity index (χ3n) is 2.04. The second kappa shape index (κ2) is 4.51. The third kappa shape index (κ3) is 1.99. The molecule has 0 saturated heterocycles. The summed E-state index contributed by atoms with van der Waals surface area (Å²) in [7, 11) is 1.61. The molecule has 7 heteroatoms. The van der Waals surface area contributed by atoms with E-state index in [-0.39, 0.29) is 0 Å². The lowest BCUT2D eigenvalue weighted by molar-refractivity contribution is 0.396. The molecule has 1 atom stereocenters. The second-order valence-electron chi connectivity index (χ2n) is 2.93. The SMILES string of the molecule is COc1nc2c(cc1Br)c(C)nn2PI. The number of methoxy groups -OCH3 is 1. The van der Waals surface area contributed by atoms with E-state index in [1.165, 1.54) is 0 Å². The van der Waals surface area contributed by atoms with Gasteiger partial charge >= 0.3 is 0 Å². The fourth-order valence-electron chi connectivity index (χ4n) is 1.34. The Labute approximate surface area is 110 Å². The first-order valence-corrected chi connectivity index (χ1v) is 8.99. The highest BCUT2D eigenvalue weighted by Crippen LogP contribution is 2.33. The van der Waals surface area contributed by atoms with Crippen LogP contribution in [-0.2, 0) is 0 Å². The molecular formula is C8H8BrIN3OP. The van der Waals surface area contributed by atoms with Crippen molar-refractivity contribution in [3.8, 4) is 5.88 Å². The number of rotatable bonds is 2. The van der Waals surface area contributed by atoms with Gasteiger partial charge in [-0.1, -0.05) is 0 Å². The predicted octanol–water partition coefficient (Wildman–Crippen LogP) is 3.30. The van der Waals surface area contributed by atoms with Gasteiger partial charge in [-0.25, -0.2) is 4.45 Å². The number of hydrogen-bond acceptors (Lipinski definition) is 3. The highest BCUT2D eigenvalue weighted by atomic mass is 127. The lowest BCUT2D eigenvalue weighted by Gasteiger charge is -2.02. The summed E-state index contributed by atoms with van der Waals surface area (Å²) in [6, 6.07) is 2.00. The van der Waals surface area contributed by atoms with E-state index < -0.39 is 0 Å². The zero-order valence-corrected chi connectivity index (χ0v) is 12.8. The van der Waals surface area contributed by atoms with E-state index in [9.17, 15) is 0 Å². The first-order valence-electron chi connectivity index (χ1n) is 4.14. The van der Waals surface area contributed by atoms with Crippen LogP contribution in [0.5, 0.6) is 5.88 Å². The van der Waals surface area contributed by atoms with E-state index in [0.29, 0.717) is 12.3 Å². The van der Waals surface area contributed by atoms with Crippen molar-refractivity contribution < 1.29 is 4.74 Å². The molecule has 2 rings (SSSR count). The second-order valence-corrected chi connectivity index (χ2v) is 5.83. The van der Waals surface area contributed by atoms with Crippen molar-refractivity contribution >= 4 is 55.4 Å². The molecule has 0 N–H and O–H groups in total. The number of pyridine rings is 1. The third-order valence-corrected chi connectivity index (χ3v) is 4.45. The normalized spacial score (nSPS) is 11.7. The standard InChI is InChI=1S/C8H8BrIN3OP/c1-4-5-3-6(9)8(14-2)11-7(5)13(12-4)15-10/h3,15H,1-2H3.